The number of hydrogen-bond donors (Lipinski definition) is 0. The molecule has 0 bridgehead atoms. The molecule has 0 unspecified atom stereocenters. The molecule has 0 heterocycles. The van der Waals surface area contributed by atoms with E-state index in [4.69, 9.17) is 0 Å². The summed E-state index contributed by atoms with van der Waals surface area (Å²) in [6.07, 6.45) is 22.5. The first-order valence-electron chi connectivity index (χ1n) is 12.8. The third-order valence-corrected chi connectivity index (χ3v) is 6.06. The first kappa shape index (κ1) is 28.3. The number of rotatable bonds is 20. The van der Waals surface area contributed by atoms with Crippen LogP contribution >= 0.6 is 0 Å². The number of carbonyl (C=O) groups is 2. The van der Waals surface area contributed by atoms with Gasteiger partial charge in [-0.15, -0.1) is 0 Å². The van der Waals surface area contributed by atoms with Gasteiger partial charge in [0.2, 0.25) is 0 Å². The van der Waals surface area contributed by atoms with E-state index in [0.29, 0.717) is 11.6 Å². The molecule has 0 aliphatic carbocycles. The second-order valence-electron chi connectivity index (χ2n) is 10.5. The number of unbranched alkanes of at least 4 members (excludes halogenated alkanes) is 15. The molecule has 0 amide bonds. The Labute approximate surface area is 183 Å². The lowest BCUT2D eigenvalue weighted by Gasteiger charge is -2.16. The van der Waals surface area contributed by atoms with E-state index >= 15 is 0 Å². The molecule has 0 saturated carbocycles. The largest absolute Gasteiger partial charge is 0.299 e. The van der Waals surface area contributed by atoms with Gasteiger partial charge in [-0.25, -0.2) is 0 Å². The van der Waals surface area contributed by atoms with Crippen LogP contribution in [0.1, 0.15) is 150 Å². The Balaban J connectivity index is 3.17. The third-order valence-electron chi connectivity index (χ3n) is 6.06. The van der Waals surface area contributed by atoms with Gasteiger partial charge in [0.15, 0.2) is 0 Å². The second kappa shape index (κ2) is 18.1. The van der Waals surface area contributed by atoms with Gasteiger partial charge < -0.3 is 0 Å². The van der Waals surface area contributed by atoms with Crippen LogP contribution in [0.25, 0.3) is 0 Å². The highest BCUT2D eigenvalue weighted by Gasteiger charge is 2.19. The first-order valence-corrected chi connectivity index (χ1v) is 12.8. The van der Waals surface area contributed by atoms with E-state index in [1.54, 1.807) is 0 Å². The van der Waals surface area contributed by atoms with Crippen molar-refractivity contribution in [1.82, 2.24) is 0 Å². The van der Waals surface area contributed by atoms with Gasteiger partial charge in [-0.2, -0.15) is 0 Å². The minimum Gasteiger partial charge on any atom is -0.299 e. The summed E-state index contributed by atoms with van der Waals surface area (Å²) in [5.74, 6) is 1.05. The molecule has 0 N–H and O–H groups in total. The summed E-state index contributed by atoms with van der Waals surface area (Å²) in [5, 5.41) is 0. The second-order valence-corrected chi connectivity index (χ2v) is 10.5. The summed E-state index contributed by atoms with van der Waals surface area (Å²) < 4.78 is 0. The fraction of sp³-hybridized carbons (Fsp3) is 0.926. The van der Waals surface area contributed by atoms with E-state index in [2.05, 4.69) is 0 Å². The van der Waals surface area contributed by atoms with Crippen LogP contribution in [0.3, 0.4) is 0 Å². The zero-order valence-corrected chi connectivity index (χ0v) is 20.6. The maximum absolute atomic E-state index is 11.9. The molecule has 0 atom stereocenters. The summed E-state index contributed by atoms with van der Waals surface area (Å²) in [7, 11) is 0. The van der Waals surface area contributed by atoms with Crippen molar-refractivity contribution in [3.63, 3.8) is 0 Å². The molecule has 0 radical (unpaired) electrons. The van der Waals surface area contributed by atoms with Gasteiger partial charge in [0.25, 0.3) is 0 Å². The number of carbonyl (C=O) groups excluding carboxylic acids is 2. The summed E-state index contributed by atoms with van der Waals surface area (Å²) >= 11 is 0. The van der Waals surface area contributed by atoms with E-state index < -0.39 is 0 Å². The Morgan fingerprint density at radius 2 is 0.793 bits per heavy atom. The highest BCUT2D eigenvalue weighted by molar-refractivity contribution is 5.83. The maximum Gasteiger partial charge on any atom is 0.138 e. The topological polar surface area (TPSA) is 34.1 Å². The fourth-order valence-corrected chi connectivity index (χ4v) is 3.72. The molecule has 0 fully saturated rings. The minimum absolute atomic E-state index is 0.158. The van der Waals surface area contributed by atoms with Crippen LogP contribution in [0.5, 0.6) is 0 Å². The molecular weight excluding hydrogens is 356 g/mol. The fourth-order valence-electron chi connectivity index (χ4n) is 3.72. The number of ketones is 2. The van der Waals surface area contributed by atoms with Gasteiger partial charge >= 0.3 is 0 Å². The lowest BCUT2D eigenvalue weighted by atomic mass is 9.88. The Morgan fingerprint density at radius 1 is 0.517 bits per heavy atom. The van der Waals surface area contributed by atoms with E-state index in [-0.39, 0.29) is 11.3 Å². The Bertz CT molecular complexity index is 403. The van der Waals surface area contributed by atoms with Crippen molar-refractivity contribution in [2.24, 2.45) is 11.3 Å². The zero-order chi connectivity index (χ0) is 22.0. The van der Waals surface area contributed by atoms with E-state index in [0.717, 1.165) is 25.7 Å². The zero-order valence-electron chi connectivity index (χ0n) is 20.6. The normalized spacial score (nSPS) is 11.9. The van der Waals surface area contributed by atoms with Gasteiger partial charge in [0.05, 0.1) is 0 Å². The van der Waals surface area contributed by atoms with Gasteiger partial charge in [-0.1, -0.05) is 125 Å². The minimum atomic E-state index is -0.158. The molecule has 0 aromatic heterocycles. The maximum atomic E-state index is 11.9. The van der Waals surface area contributed by atoms with Crippen LogP contribution in [0.15, 0.2) is 0 Å². The Hall–Kier alpha value is -0.660. The van der Waals surface area contributed by atoms with Gasteiger partial charge in [0.1, 0.15) is 11.6 Å². The van der Waals surface area contributed by atoms with Crippen LogP contribution in [0.4, 0.5) is 0 Å². The van der Waals surface area contributed by atoms with E-state index in [9.17, 15) is 9.59 Å². The summed E-state index contributed by atoms with van der Waals surface area (Å²) in [6, 6.07) is 0. The van der Waals surface area contributed by atoms with Crippen molar-refractivity contribution in [2.45, 2.75) is 150 Å². The van der Waals surface area contributed by atoms with Crippen LogP contribution < -0.4 is 0 Å². The quantitative estimate of drug-likeness (QED) is 0.188. The van der Waals surface area contributed by atoms with Crippen molar-refractivity contribution < 1.29 is 9.59 Å². The molecule has 2 nitrogen and oxygen atoms in total. The van der Waals surface area contributed by atoms with E-state index in [1.165, 1.54) is 89.9 Å². The standard InChI is InChI=1S/C27H52O2/c1-24(2)25(28)22-20-18-16-14-12-10-8-6-7-9-11-13-15-17-19-21-23-26(29)27(3,4)5/h24H,6-23H2,1-5H3. The smallest absolute Gasteiger partial charge is 0.138 e. The number of hydrogen-bond acceptors (Lipinski definition) is 2. The Kier molecular flexibility index (Phi) is 17.7. The molecule has 172 valence electrons. The molecule has 0 aliphatic rings. The summed E-state index contributed by atoms with van der Waals surface area (Å²) in [5.41, 5.74) is -0.158. The molecule has 0 rings (SSSR count). The SMILES string of the molecule is CC(C)C(=O)CCCCCCCCCCCCCCCCCCC(=O)C(C)(C)C. The van der Waals surface area contributed by atoms with Crippen LogP contribution in [0.2, 0.25) is 0 Å². The average molecular weight is 409 g/mol. The van der Waals surface area contributed by atoms with E-state index in [1.807, 2.05) is 34.6 Å². The molecule has 2 heteroatoms. The van der Waals surface area contributed by atoms with Crippen molar-refractivity contribution in [3.05, 3.63) is 0 Å². The highest BCUT2D eigenvalue weighted by atomic mass is 16.1. The van der Waals surface area contributed by atoms with Crippen molar-refractivity contribution in [1.29, 1.82) is 0 Å². The molecule has 0 aliphatic heterocycles. The molecule has 29 heavy (non-hydrogen) atoms. The summed E-state index contributed by atoms with van der Waals surface area (Å²) in [4.78, 5) is 23.4. The number of Topliss-reactive ketones (excluding diaryl/α,β-unsaturated/α-hetero) is 2. The van der Waals surface area contributed by atoms with Crippen LogP contribution in [0, 0.1) is 11.3 Å². The molecule has 0 aromatic carbocycles. The lowest BCUT2D eigenvalue weighted by molar-refractivity contribution is -0.126. The predicted octanol–water partition coefficient (Wildman–Crippen LogP) is 8.85. The monoisotopic (exact) mass is 408 g/mol. The third kappa shape index (κ3) is 19.1. The summed E-state index contributed by atoms with van der Waals surface area (Å²) in [6.45, 7) is 10.1. The predicted molar refractivity (Wildman–Crippen MR) is 127 cm³/mol. The van der Waals surface area contributed by atoms with Crippen molar-refractivity contribution in [2.75, 3.05) is 0 Å². The Morgan fingerprint density at radius 3 is 1.07 bits per heavy atom. The average Bonchev–Trinajstić information content (AvgIpc) is 2.65. The van der Waals surface area contributed by atoms with Crippen molar-refractivity contribution >= 4 is 11.6 Å². The van der Waals surface area contributed by atoms with Crippen LogP contribution in [-0.2, 0) is 9.59 Å². The molecule has 0 spiro atoms. The van der Waals surface area contributed by atoms with Crippen molar-refractivity contribution in [3.8, 4) is 0 Å². The molecule has 0 saturated heterocycles. The highest BCUT2D eigenvalue weighted by Crippen LogP contribution is 2.19. The van der Waals surface area contributed by atoms with Gasteiger partial charge in [-0.05, 0) is 12.8 Å². The molecular formula is C27H52O2. The van der Waals surface area contributed by atoms with Gasteiger partial charge in [-0.3, -0.25) is 9.59 Å². The first-order chi connectivity index (χ1) is 13.7. The van der Waals surface area contributed by atoms with Gasteiger partial charge in [0, 0.05) is 24.2 Å². The lowest BCUT2D eigenvalue weighted by Crippen LogP contribution is -2.19. The molecule has 0 aromatic rings. The van der Waals surface area contributed by atoms with Crippen LogP contribution in [-0.4, -0.2) is 11.6 Å².